The van der Waals surface area contributed by atoms with Gasteiger partial charge < -0.3 is 4.57 Å². The van der Waals surface area contributed by atoms with Crippen LogP contribution in [0.4, 0.5) is 5.69 Å². The van der Waals surface area contributed by atoms with Crippen molar-refractivity contribution in [3.63, 3.8) is 0 Å². The van der Waals surface area contributed by atoms with Crippen LogP contribution in [0.5, 0.6) is 0 Å². The fraction of sp³-hybridized carbons (Fsp3) is 0.138. The van der Waals surface area contributed by atoms with E-state index in [1.807, 2.05) is 64.1 Å². The molecule has 0 radical (unpaired) electrons. The zero-order valence-electron chi connectivity index (χ0n) is 20.9. The maximum Gasteiger partial charge on any atom is 0.200 e. The number of aryl methyl sites for hydroxylation is 4. The van der Waals surface area contributed by atoms with E-state index in [0.29, 0.717) is 46.2 Å². The summed E-state index contributed by atoms with van der Waals surface area (Å²) in [4.78, 5) is 30.5. The van der Waals surface area contributed by atoms with Gasteiger partial charge in [-0.3, -0.25) is 0 Å². The van der Waals surface area contributed by atoms with E-state index < -0.39 is 0 Å². The lowest BCUT2D eigenvalue weighted by Gasteiger charge is -2.12. The van der Waals surface area contributed by atoms with Crippen molar-refractivity contribution in [1.29, 1.82) is 0 Å². The molecule has 0 N–H and O–H groups in total. The van der Waals surface area contributed by atoms with Gasteiger partial charge in [0.1, 0.15) is 23.3 Å². The lowest BCUT2D eigenvalue weighted by molar-refractivity contribution is 0.928. The van der Waals surface area contributed by atoms with E-state index in [2.05, 4.69) is 63.6 Å². The Hall–Kier alpha value is -5.03. The molecule has 37 heavy (non-hydrogen) atoms. The first kappa shape index (κ1) is 22.4. The van der Waals surface area contributed by atoms with Crippen LogP contribution in [0, 0.1) is 34.3 Å². The molecule has 0 aliphatic heterocycles. The predicted molar refractivity (Wildman–Crippen MR) is 144 cm³/mol. The second-order valence-corrected chi connectivity index (χ2v) is 8.90. The molecule has 3 heterocycles. The average molecular weight is 483 g/mol. The molecule has 0 aliphatic carbocycles. The fourth-order valence-electron chi connectivity index (χ4n) is 4.81. The lowest BCUT2D eigenvalue weighted by atomic mass is 10.1. The van der Waals surface area contributed by atoms with Crippen LogP contribution in [-0.4, -0.2) is 34.5 Å². The molecule has 8 nitrogen and oxygen atoms in total. The maximum atomic E-state index is 7.90. The van der Waals surface area contributed by atoms with Crippen LogP contribution in [0.2, 0.25) is 0 Å². The largest absolute Gasteiger partial charge is 0.310 e. The van der Waals surface area contributed by atoms with E-state index in [-0.39, 0.29) is 0 Å². The molecule has 0 amide bonds. The highest BCUT2D eigenvalue weighted by atomic mass is 15.0. The van der Waals surface area contributed by atoms with Gasteiger partial charge in [0.2, 0.25) is 0 Å². The van der Waals surface area contributed by atoms with Gasteiger partial charge in [-0.2, -0.15) is 0 Å². The molecular formula is C29H22N8. The van der Waals surface area contributed by atoms with Crippen molar-refractivity contribution >= 4 is 27.5 Å². The van der Waals surface area contributed by atoms with Gasteiger partial charge >= 0.3 is 0 Å². The summed E-state index contributed by atoms with van der Waals surface area (Å²) in [7, 11) is 0. The molecule has 178 valence electrons. The van der Waals surface area contributed by atoms with Crippen LogP contribution in [0.1, 0.15) is 23.3 Å². The van der Waals surface area contributed by atoms with Crippen molar-refractivity contribution in [3.8, 4) is 28.5 Å². The number of hydrogen-bond acceptors (Lipinski definition) is 6. The maximum absolute atomic E-state index is 7.90. The number of para-hydroxylation sites is 1. The molecule has 6 aromatic rings. The van der Waals surface area contributed by atoms with E-state index in [4.69, 9.17) is 6.57 Å². The van der Waals surface area contributed by atoms with Crippen molar-refractivity contribution < 1.29 is 0 Å². The molecule has 0 saturated carbocycles. The Balaban J connectivity index is 1.60. The topological polar surface area (TPSA) is 86.6 Å². The molecule has 3 aromatic carbocycles. The quantitative estimate of drug-likeness (QED) is 0.276. The molecule has 0 spiro atoms. The van der Waals surface area contributed by atoms with Gasteiger partial charge in [0.15, 0.2) is 17.3 Å². The summed E-state index contributed by atoms with van der Waals surface area (Å²) in [6.07, 6.45) is 0. The van der Waals surface area contributed by atoms with Crippen molar-refractivity contribution in [2.24, 2.45) is 0 Å². The summed E-state index contributed by atoms with van der Waals surface area (Å²) in [5, 5.41) is 2.24. The van der Waals surface area contributed by atoms with E-state index in [1.165, 1.54) is 0 Å². The van der Waals surface area contributed by atoms with Gasteiger partial charge in [-0.05, 0) is 52.0 Å². The number of hydrogen-bond donors (Lipinski definition) is 0. The Morgan fingerprint density at radius 1 is 0.622 bits per heavy atom. The van der Waals surface area contributed by atoms with Crippen LogP contribution in [0.15, 0.2) is 60.7 Å². The van der Waals surface area contributed by atoms with Gasteiger partial charge in [0, 0.05) is 27.6 Å². The van der Waals surface area contributed by atoms with E-state index in [9.17, 15) is 0 Å². The summed E-state index contributed by atoms with van der Waals surface area (Å²) >= 11 is 0. The third kappa shape index (κ3) is 3.87. The van der Waals surface area contributed by atoms with E-state index >= 15 is 0 Å². The monoisotopic (exact) mass is 482 g/mol. The number of rotatable bonds is 3. The minimum Gasteiger partial charge on any atom is -0.310 e. The minimum atomic E-state index is 0.480. The first-order chi connectivity index (χ1) is 17.9. The van der Waals surface area contributed by atoms with Crippen molar-refractivity contribution in [1.82, 2.24) is 34.5 Å². The van der Waals surface area contributed by atoms with E-state index in [0.717, 1.165) is 33.1 Å². The van der Waals surface area contributed by atoms with E-state index in [1.54, 1.807) is 0 Å². The zero-order chi connectivity index (χ0) is 25.7. The highest BCUT2D eigenvalue weighted by Gasteiger charge is 2.17. The first-order valence-corrected chi connectivity index (χ1v) is 11.9. The second kappa shape index (κ2) is 8.57. The minimum absolute atomic E-state index is 0.480. The number of benzene rings is 3. The van der Waals surface area contributed by atoms with Crippen molar-refractivity contribution in [2.45, 2.75) is 27.7 Å². The Kier molecular flexibility index (Phi) is 5.20. The Morgan fingerprint density at radius 2 is 1.24 bits per heavy atom. The van der Waals surface area contributed by atoms with Gasteiger partial charge in [0.05, 0.1) is 17.6 Å². The Bertz CT molecular complexity index is 1850. The fourth-order valence-corrected chi connectivity index (χ4v) is 4.81. The van der Waals surface area contributed by atoms with Gasteiger partial charge in [-0.1, -0.05) is 36.4 Å². The van der Waals surface area contributed by atoms with Crippen LogP contribution >= 0.6 is 0 Å². The van der Waals surface area contributed by atoms with Crippen molar-refractivity contribution in [2.75, 3.05) is 0 Å². The molecule has 0 atom stereocenters. The van der Waals surface area contributed by atoms with Crippen LogP contribution in [-0.2, 0) is 0 Å². The van der Waals surface area contributed by atoms with Crippen LogP contribution in [0.25, 0.3) is 55.1 Å². The van der Waals surface area contributed by atoms with Gasteiger partial charge in [-0.25, -0.2) is 34.7 Å². The van der Waals surface area contributed by atoms with Gasteiger partial charge in [-0.15, -0.1) is 0 Å². The molecular weight excluding hydrogens is 460 g/mol. The molecule has 6 rings (SSSR count). The van der Waals surface area contributed by atoms with Crippen LogP contribution in [0.3, 0.4) is 0 Å². The second-order valence-electron chi connectivity index (χ2n) is 8.90. The molecule has 0 aliphatic rings. The summed E-state index contributed by atoms with van der Waals surface area (Å²) in [6.45, 7) is 15.3. The summed E-state index contributed by atoms with van der Waals surface area (Å²) in [5.41, 5.74) is 5.00. The smallest absolute Gasteiger partial charge is 0.200 e. The SMILES string of the molecule is [C-]#[N+]c1cc(-n2c3ccccc3c3ccc(-c4nc(C)nc(C)n4)cc32)ccc1-c1nc(C)nc(C)n1. The standard InChI is InChI=1S/C29H22N8/c1-16-31-17(2)34-28(33-16)20-10-12-23-22-8-6-7-9-26(22)37(27(23)14-20)21-11-13-24(25(15-21)30-5)29-35-18(3)32-19(4)36-29/h6-15H,1-4H3. The third-order valence-electron chi connectivity index (χ3n) is 6.25. The highest BCUT2D eigenvalue weighted by molar-refractivity contribution is 6.10. The Morgan fingerprint density at radius 3 is 1.92 bits per heavy atom. The summed E-state index contributed by atoms with van der Waals surface area (Å²) in [5.74, 6) is 3.77. The predicted octanol–water partition coefficient (Wildman–Crippen LogP) is 6.27. The number of aromatic nitrogens is 7. The Labute approximate surface area is 213 Å². The number of fused-ring (bicyclic) bond motifs is 3. The molecule has 0 fully saturated rings. The zero-order valence-corrected chi connectivity index (χ0v) is 20.9. The molecule has 3 aromatic heterocycles. The van der Waals surface area contributed by atoms with Gasteiger partial charge in [0.25, 0.3) is 0 Å². The van der Waals surface area contributed by atoms with Crippen molar-refractivity contribution in [3.05, 3.63) is 95.4 Å². The lowest BCUT2D eigenvalue weighted by Crippen LogP contribution is -2.00. The number of nitrogens with zero attached hydrogens (tertiary/aromatic N) is 8. The highest BCUT2D eigenvalue weighted by Crippen LogP contribution is 2.37. The average Bonchev–Trinajstić information content (AvgIpc) is 3.21. The molecule has 0 unspecified atom stereocenters. The van der Waals surface area contributed by atoms with Crippen LogP contribution < -0.4 is 0 Å². The normalized spacial score (nSPS) is 11.2. The first-order valence-electron chi connectivity index (χ1n) is 11.9. The third-order valence-corrected chi connectivity index (χ3v) is 6.25. The molecule has 8 heteroatoms. The molecule has 0 saturated heterocycles. The summed E-state index contributed by atoms with van der Waals surface area (Å²) < 4.78 is 2.18. The summed E-state index contributed by atoms with van der Waals surface area (Å²) in [6, 6.07) is 20.4. The molecule has 0 bridgehead atoms.